The van der Waals surface area contributed by atoms with Gasteiger partial charge in [0, 0.05) is 18.9 Å². The number of ether oxygens (including phenoxy) is 2. The molecule has 0 bridgehead atoms. The van der Waals surface area contributed by atoms with Crippen LogP contribution in [0.25, 0.3) is 6.08 Å². The van der Waals surface area contributed by atoms with Crippen LogP contribution in [0, 0.1) is 0 Å². The molecule has 2 rings (SSSR count). The van der Waals surface area contributed by atoms with Crippen molar-refractivity contribution in [3.8, 4) is 5.75 Å². The van der Waals surface area contributed by atoms with Crippen LogP contribution in [0.4, 0.5) is 5.69 Å². The molecule has 0 aliphatic rings. The Balaban J connectivity index is 1.88. The van der Waals surface area contributed by atoms with Crippen molar-refractivity contribution >= 4 is 23.6 Å². The highest BCUT2D eigenvalue weighted by atomic mass is 16.7. The Labute approximate surface area is 145 Å². The number of amides is 1. The molecule has 0 aromatic heterocycles. The molecule has 130 valence electrons. The highest BCUT2D eigenvalue weighted by molar-refractivity contribution is 6.01. The zero-order valence-electron chi connectivity index (χ0n) is 13.8. The molecule has 25 heavy (non-hydrogen) atoms. The SMILES string of the molecule is COCOc1ccc(/C=C/C(=O)Nc2ccc(CC(=O)O)cc2)cc1. The van der Waals surface area contributed by atoms with Gasteiger partial charge in [-0.25, -0.2) is 0 Å². The number of carboxylic acids is 1. The van der Waals surface area contributed by atoms with Crippen LogP contribution in [-0.2, 0) is 20.7 Å². The van der Waals surface area contributed by atoms with Crippen molar-refractivity contribution in [2.75, 3.05) is 19.2 Å². The summed E-state index contributed by atoms with van der Waals surface area (Å²) in [6.45, 7) is 0.183. The Morgan fingerprint density at radius 2 is 1.76 bits per heavy atom. The Hall–Kier alpha value is -3.12. The van der Waals surface area contributed by atoms with E-state index in [4.69, 9.17) is 14.6 Å². The zero-order chi connectivity index (χ0) is 18.1. The summed E-state index contributed by atoms with van der Waals surface area (Å²) in [7, 11) is 1.55. The van der Waals surface area contributed by atoms with Gasteiger partial charge in [0.15, 0.2) is 6.79 Å². The standard InChI is InChI=1S/C19H19NO5/c1-24-13-25-17-9-4-14(5-10-17)6-11-18(21)20-16-7-2-15(3-8-16)12-19(22)23/h2-11H,12-13H2,1H3,(H,20,21)(H,22,23)/b11-6+. The van der Waals surface area contributed by atoms with E-state index in [1.165, 1.54) is 6.08 Å². The summed E-state index contributed by atoms with van der Waals surface area (Å²) in [5, 5.41) is 11.4. The van der Waals surface area contributed by atoms with E-state index in [0.29, 0.717) is 17.0 Å². The highest BCUT2D eigenvalue weighted by Gasteiger charge is 2.02. The fraction of sp³-hybridized carbons (Fsp3) is 0.158. The summed E-state index contributed by atoms with van der Waals surface area (Å²) in [4.78, 5) is 22.6. The van der Waals surface area contributed by atoms with E-state index >= 15 is 0 Å². The van der Waals surface area contributed by atoms with Crippen molar-refractivity contribution in [1.29, 1.82) is 0 Å². The number of carboxylic acid groups (broad SMARTS) is 1. The minimum atomic E-state index is -0.890. The largest absolute Gasteiger partial charge is 0.481 e. The van der Waals surface area contributed by atoms with Gasteiger partial charge in [0.05, 0.1) is 6.42 Å². The normalized spacial score (nSPS) is 10.6. The number of anilines is 1. The molecule has 0 unspecified atom stereocenters. The third-order valence-corrected chi connectivity index (χ3v) is 3.23. The van der Waals surface area contributed by atoms with E-state index in [1.807, 2.05) is 12.1 Å². The maximum absolute atomic E-state index is 11.9. The van der Waals surface area contributed by atoms with Crippen molar-refractivity contribution in [3.63, 3.8) is 0 Å². The molecule has 0 radical (unpaired) electrons. The molecule has 0 aliphatic carbocycles. The fourth-order valence-corrected chi connectivity index (χ4v) is 2.04. The van der Waals surface area contributed by atoms with Gasteiger partial charge < -0.3 is 19.9 Å². The first-order valence-corrected chi connectivity index (χ1v) is 7.58. The lowest BCUT2D eigenvalue weighted by Crippen LogP contribution is -2.08. The first-order chi connectivity index (χ1) is 12.1. The minimum Gasteiger partial charge on any atom is -0.481 e. The van der Waals surface area contributed by atoms with Crippen LogP contribution >= 0.6 is 0 Å². The van der Waals surface area contributed by atoms with E-state index in [-0.39, 0.29) is 19.1 Å². The molecule has 2 aromatic carbocycles. The molecule has 0 heterocycles. The highest BCUT2D eigenvalue weighted by Crippen LogP contribution is 2.14. The monoisotopic (exact) mass is 341 g/mol. The Morgan fingerprint density at radius 3 is 2.36 bits per heavy atom. The van der Waals surface area contributed by atoms with Crippen molar-refractivity contribution in [2.24, 2.45) is 0 Å². The molecule has 2 N–H and O–H groups in total. The van der Waals surface area contributed by atoms with Crippen LogP contribution < -0.4 is 10.1 Å². The van der Waals surface area contributed by atoms with Gasteiger partial charge in [0.2, 0.25) is 5.91 Å². The van der Waals surface area contributed by atoms with Crippen LogP contribution in [-0.4, -0.2) is 30.9 Å². The van der Waals surface area contributed by atoms with Crippen molar-refractivity contribution in [3.05, 3.63) is 65.7 Å². The van der Waals surface area contributed by atoms with Crippen LogP contribution in [0.2, 0.25) is 0 Å². The Bertz CT molecular complexity index is 735. The quantitative estimate of drug-likeness (QED) is 0.570. The molecule has 1 amide bonds. The molecule has 0 saturated carbocycles. The summed E-state index contributed by atoms with van der Waals surface area (Å²) in [6, 6.07) is 13.9. The molecule has 0 fully saturated rings. The lowest BCUT2D eigenvalue weighted by atomic mass is 10.1. The second-order valence-electron chi connectivity index (χ2n) is 5.21. The maximum atomic E-state index is 11.9. The number of nitrogens with one attached hydrogen (secondary N) is 1. The van der Waals surface area contributed by atoms with Gasteiger partial charge in [-0.3, -0.25) is 9.59 Å². The van der Waals surface area contributed by atoms with E-state index < -0.39 is 5.97 Å². The molecule has 0 spiro atoms. The minimum absolute atomic E-state index is 0.0434. The van der Waals surface area contributed by atoms with Gasteiger partial charge in [-0.2, -0.15) is 0 Å². The number of carbonyl (C=O) groups excluding carboxylic acids is 1. The van der Waals surface area contributed by atoms with E-state index in [2.05, 4.69) is 5.32 Å². The fourth-order valence-electron chi connectivity index (χ4n) is 2.04. The van der Waals surface area contributed by atoms with Crippen molar-refractivity contribution in [2.45, 2.75) is 6.42 Å². The maximum Gasteiger partial charge on any atom is 0.307 e. The number of hydrogen-bond acceptors (Lipinski definition) is 4. The summed E-state index contributed by atoms with van der Waals surface area (Å²) >= 11 is 0. The van der Waals surface area contributed by atoms with Crippen LogP contribution in [0.1, 0.15) is 11.1 Å². The van der Waals surface area contributed by atoms with Crippen LogP contribution in [0.15, 0.2) is 54.6 Å². The van der Waals surface area contributed by atoms with Gasteiger partial charge in [0.1, 0.15) is 5.75 Å². The summed E-state index contributed by atoms with van der Waals surface area (Å²) < 4.78 is 10.1. The van der Waals surface area contributed by atoms with Gasteiger partial charge >= 0.3 is 5.97 Å². The molecular formula is C19H19NO5. The van der Waals surface area contributed by atoms with Crippen molar-refractivity contribution < 1.29 is 24.2 Å². The van der Waals surface area contributed by atoms with Gasteiger partial charge in [0.25, 0.3) is 0 Å². The van der Waals surface area contributed by atoms with Crippen molar-refractivity contribution in [1.82, 2.24) is 0 Å². The summed E-state index contributed by atoms with van der Waals surface area (Å²) in [5.41, 5.74) is 2.14. The number of methoxy groups -OCH3 is 1. The molecule has 0 aliphatic heterocycles. The van der Waals surface area contributed by atoms with Gasteiger partial charge in [-0.15, -0.1) is 0 Å². The second kappa shape index (κ2) is 9.24. The lowest BCUT2D eigenvalue weighted by Gasteiger charge is -2.04. The average Bonchev–Trinajstić information content (AvgIpc) is 2.60. The van der Waals surface area contributed by atoms with E-state index in [9.17, 15) is 9.59 Å². The lowest BCUT2D eigenvalue weighted by molar-refractivity contribution is -0.136. The molecule has 0 atom stereocenters. The number of benzene rings is 2. The topological polar surface area (TPSA) is 84.9 Å². The predicted octanol–water partition coefficient (Wildman–Crippen LogP) is 2.95. The first kappa shape index (κ1) is 18.2. The smallest absolute Gasteiger partial charge is 0.307 e. The average molecular weight is 341 g/mol. The molecule has 6 heteroatoms. The van der Waals surface area contributed by atoms with Crippen LogP contribution in [0.5, 0.6) is 5.75 Å². The number of hydrogen-bond donors (Lipinski definition) is 2. The second-order valence-corrected chi connectivity index (χ2v) is 5.21. The Kier molecular flexibility index (Phi) is 6.74. The molecule has 6 nitrogen and oxygen atoms in total. The summed E-state index contributed by atoms with van der Waals surface area (Å²) in [5.74, 6) is -0.478. The molecular weight excluding hydrogens is 322 g/mol. The summed E-state index contributed by atoms with van der Waals surface area (Å²) in [6.07, 6.45) is 3.07. The van der Waals surface area contributed by atoms with Gasteiger partial charge in [-0.1, -0.05) is 24.3 Å². The Morgan fingerprint density at radius 1 is 1.08 bits per heavy atom. The predicted molar refractivity (Wildman–Crippen MR) is 94.4 cm³/mol. The zero-order valence-corrected chi connectivity index (χ0v) is 13.8. The molecule has 2 aromatic rings. The van der Waals surface area contributed by atoms with Gasteiger partial charge in [-0.05, 0) is 41.5 Å². The third kappa shape index (κ3) is 6.48. The number of rotatable bonds is 8. The molecule has 0 saturated heterocycles. The van der Waals surface area contributed by atoms with E-state index in [0.717, 1.165) is 5.56 Å². The van der Waals surface area contributed by atoms with E-state index in [1.54, 1.807) is 49.6 Å². The van der Waals surface area contributed by atoms with Crippen LogP contribution in [0.3, 0.4) is 0 Å². The number of carbonyl (C=O) groups is 2. The first-order valence-electron chi connectivity index (χ1n) is 7.58. The third-order valence-electron chi connectivity index (χ3n) is 3.23. The number of aliphatic carboxylic acids is 1.